The predicted molar refractivity (Wildman–Crippen MR) is 64.5 cm³/mol. The second-order valence-corrected chi connectivity index (χ2v) is 4.02. The number of nitrogens with one attached hydrogen (secondary N) is 4. The largest absolute Gasteiger partial charge is 0.394 e. The van der Waals surface area contributed by atoms with Crippen LogP contribution in [-0.4, -0.2) is 53.3 Å². The monoisotopic (exact) mass is 283 g/mol. The summed E-state index contributed by atoms with van der Waals surface area (Å²) >= 11 is 0. The van der Waals surface area contributed by atoms with Gasteiger partial charge in [-0.2, -0.15) is 0 Å². The first-order valence-electron chi connectivity index (χ1n) is 5.77. The molecule has 2 atom stereocenters. The molecule has 5 N–H and O–H groups in total. The second-order valence-electron chi connectivity index (χ2n) is 4.02. The molecule has 4 amide bonds. The van der Waals surface area contributed by atoms with Crippen molar-refractivity contribution in [3.8, 4) is 0 Å². The lowest BCUT2D eigenvalue weighted by molar-refractivity contribution is -0.128. The van der Waals surface area contributed by atoms with Crippen LogP contribution in [0.5, 0.6) is 0 Å². The third-order valence-corrected chi connectivity index (χ3v) is 2.59. The normalized spacial score (nSPS) is 18.9. The van der Waals surface area contributed by atoms with Gasteiger partial charge < -0.3 is 30.9 Å². The molecule has 0 aliphatic carbocycles. The van der Waals surface area contributed by atoms with Gasteiger partial charge in [-0.15, -0.1) is 0 Å². The van der Waals surface area contributed by atoms with Crippen molar-refractivity contribution in [1.82, 2.24) is 21.1 Å². The average molecular weight is 283 g/mol. The van der Waals surface area contributed by atoms with Gasteiger partial charge in [-0.25, -0.2) is 4.79 Å². The number of aliphatic hydroxyl groups is 1. The van der Waals surface area contributed by atoms with E-state index in [0.717, 1.165) is 0 Å². The number of nitrogens with zero attached hydrogens (tertiary/aromatic N) is 1. The Hall–Kier alpha value is -2.62. The highest BCUT2D eigenvalue weighted by Gasteiger charge is 2.30. The molecule has 0 radical (unpaired) electrons. The minimum Gasteiger partial charge on any atom is -0.394 e. The molecule has 1 unspecified atom stereocenters. The van der Waals surface area contributed by atoms with E-state index < -0.39 is 36.5 Å². The lowest BCUT2D eigenvalue weighted by Crippen LogP contribution is -2.52. The molecule has 2 rings (SSSR count). The van der Waals surface area contributed by atoms with E-state index in [4.69, 9.17) is 5.11 Å². The molecule has 1 aliphatic heterocycles. The quantitative estimate of drug-likeness (QED) is 0.413. The van der Waals surface area contributed by atoms with Crippen LogP contribution in [0.2, 0.25) is 0 Å². The molecule has 0 bridgehead atoms. The van der Waals surface area contributed by atoms with Crippen molar-refractivity contribution < 1.29 is 24.0 Å². The Kier molecular flexibility index (Phi) is 4.15. The second kappa shape index (κ2) is 6.02. The van der Waals surface area contributed by atoms with Crippen LogP contribution in [-0.2, 0) is 9.59 Å². The molecule has 0 aromatic carbocycles. The van der Waals surface area contributed by atoms with Gasteiger partial charge in [-0.1, -0.05) is 5.16 Å². The number of aliphatic hydroxyl groups excluding tert-OH is 1. The Balaban J connectivity index is 1.89. The number of carbonyl (C=O) groups is 3. The van der Waals surface area contributed by atoms with Gasteiger partial charge in [-0.3, -0.25) is 9.59 Å². The summed E-state index contributed by atoms with van der Waals surface area (Å²) in [5.41, 5.74) is 0. The standard InChI is InChI=1S/C10H13N5O5/c16-4-6(9(18)14-7-1-2-20-15-7)12-8(17)5-3-11-10(19)13-5/h1-2,5-6,16H,3-4H2,(H,12,17)(H2,11,13,19)(H,14,15,18)/t5?,6-/m0/s1. The molecule has 2 heterocycles. The van der Waals surface area contributed by atoms with Gasteiger partial charge in [0, 0.05) is 12.6 Å². The summed E-state index contributed by atoms with van der Waals surface area (Å²) in [6, 6.07) is -0.985. The Morgan fingerprint density at radius 3 is 2.95 bits per heavy atom. The molecule has 1 saturated heterocycles. The summed E-state index contributed by atoms with van der Waals surface area (Å²) in [4.78, 5) is 34.5. The van der Waals surface area contributed by atoms with E-state index in [1.807, 2.05) is 0 Å². The highest BCUT2D eigenvalue weighted by molar-refractivity contribution is 5.98. The van der Waals surface area contributed by atoms with Crippen LogP contribution >= 0.6 is 0 Å². The van der Waals surface area contributed by atoms with E-state index >= 15 is 0 Å². The molecule has 10 heteroatoms. The van der Waals surface area contributed by atoms with Crippen LogP contribution in [0.3, 0.4) is 0 Å². The van der Waals surface area contributed by atoms with Crippen LogP contribution in [0.15, 0.2) is 16.9 Å². The molecule has 1 aromatic heterocycles. The van der Waals surface area contributed by atoms with Gasteiger partial charge in [0.25, 0.3) is 5.91 Å². The van der Waals surface area contributed by atoms with E-state index in [9.17, 15) is 14.4 Å². The van der Waals surface area contributed by atoms with Crippen molar-refractivity contribution in [3.63, 3.8) is 0 Å². The van der Waals surface area contributed by atoms with Crippen LogP contribution in [0.25, 0.3) is 0 Å². The third kappa shape index (κ3) is 3.23. The van der Waals surface area contributed by atoms with Crippen molar-refractivity contribution in [2.75, 3.05) is 18.5 Å². The van der Waals surface area contributed by atoms with Crippen molar-refractivity contribution in [2.45, 2.75) is 12.1 Å². The van der Waals surface area contributed by atoms with Crippen LogP contribution in [0, 0.1) is 0 Å². The van der Waals surface area contributed by atoms with Crippen LogP contribution in [0.4, 0.5) is 10.6 Å². The summed E-state index contributed by atoms with van der Waals surface area (Å²) in [6.07, 6.45) is 1.27. The molecule has 10 nitrogen and oxygen atoms in total. The molecular formula is C10H13N5O5. The van der Waals surface area contributed by atoms with Crippen molar-refractivity contribution in [2.24, 2.45) is 0 Å². The fraction of sp³-hybridized carbons (Fsp3) is 0.400. The zero-order valence-electron chi connectivity index (χ0n) is 10.3. The summed E-state index contributed by atoms with van der Waals surface area (Å²) < 4.78 is 4.53. The zero-order valence-corrected chi connectivity index (χ0v) is 10.3. The smallest absolute Gasteiger partial charge is 0.315 e. The molecule has 1 aromatic rings. The Morgan fingerprint density at radius 2 is 2.40 bits per heavy atom. The Labute approximate surface area is 112 Å². The summed E-state index contributed by atoms with van der Waals surface area (Å²) in [6.45, 7) is -0.475. The first-order chi connectivity index (χ1) is 9.60. The number of aromatic nitrogens is 1. The van der Waals surface area contributed by atoms with Crippen LogP contribution in [0.1, 0.15) is 0 Å². The summed E-state index contributed by atoms with van der Waals surface area (Å²) in [7, 11) is 0. The van der Waals surface area contributed by atoms with Gasteiger partial charge in [-0.05, 0) is 0 Å². The summed E-state index contributed by atoms with van der Waals surface area (Å²) in [5.74, 6) is -1.05. The molecular weight excluding hydrogens is 270 g/mol. The SMILES string of the molecule is O=C1NCC(C(=O)N[C@@H](CO)C(=O)Nc2ccon2)N1. The number of hydrogen-bond acceptors (Lipinski definition) is 6. The van der Waals surface area contributed by atoms with Gasteiger partial charge in [0.2, 0.25) is 5.91 Å². The fourth-order valence-electron chi connectivity index (χ4n) is 1.57. The minimum absolute atomic E-state index is 0.119. The minimum atomic E-state index is -1.16. The van der Waals surface area contributed by atoms with Crippen molar-refractivity contribution in [3.05, 3.63) is 12.3 Å². The molecule has 0 saturated carbocycles. The van der Waals surface area contributed by atoms with Crippen LogP contribution < -0.4 is 21.3 Å². The number of carbonyl (C=O) groups excluding carboxylic acids is 3. The topological polar surface area (TPSA) is 146 Å². The maximum Gasteiger partial charge on any atom is 0.315 e. The lowest BCUT2D eigenvalue weighted by atomic mass is 10.2. The van der Waals surface area contributed by atoms with Crippen molar-refractivity contribution in [1.29, 1.82) is 0 Å². The van der Waals surface area contributed by atoms with E-state index in [2.05, 4.69) is 30.9 Å². The molecule has 0 spiro atoms. The van der Waals surface area contributed by atoms with E-state index in [1.54, 1.807) is 0 Å². The average Bonchev–Trinajstić information content (AvgIpc) is 3.07. The van der Waals surface area contributed by atoms with Crippen molar-refractivity contribution >= 4 is 23.7 Å². The first-order valence-corrected chi connectivity index (χ1v) is 5.77. The number of amides is 4. The number of anilines is 1. The van der Waals surface area contributed by atoms with Gasteiger partial charge in [0.1, 0.15) is 18.3 Å². The summed E-state index contributed by atoms with van der Waals surface area (Å²) in [5, 5.41) is 22.1. The number of urea groups is 1. The molecule has 108 valence electrons. The molecule has 20 heavy (non-hydrogen) atoms. The number of hydrogen-bond donors (Lipinski definition) is 5. The molecule has 1 aliphatic rings. The van der Waals surface area contributed by atoms with E-state index in [0.29, 0.717) is 0 Å². The van der Waals surface area contributed by atoms with E-state index in [-0.39, 0.29) is 12.4 Å². The fourth-order valence-corrected chi connectivity index (χ4v) is 1.57. The first kappa shape index (κ1) is 13.8. The molecule has 1 fully saturated rings. The maximum absolute atomic E-state index is 11.8. The van der Waals surface area contributed by atoms with Gasteiger partial charge in [0.05, 0.1) is 6.61 Å². The predicted octanol–water partition coefficient (Wildman–Crippen LogP) is -2.23. The maximum atomic E-state index is 11.8. The third-order valence-electron chi connectivity index (χ3n) is 2.59. The van der Waals surface area contributed by atoms with Gasteiger partial charge >= 0.3 is 6.03 Å². The Morgan fingerprint density at radius 1 is 1.60 bits per heavy atom. The van der Waals surface area contributed by atoms with E-state index in [1.165, 1.54) is 12.3 Å². The highest BCUT2D eigenvalue weighted by atomic mass is 16.5. The number of rotatable bonds is 5. The zero-order chi connectivity index (χ0) is 14.5. The Bertz CT molecular complexity index is 502. The lowest BCUT2D eigenvalue weighted by Gasteiger charge is -2.17. The highest BCUT2D eigenvalue weighted by Crippen LogP contribution is 2.02. The van der Waals surface area contributed by atoms with Gasteiger partial charge in [0.15, 0.2) is 5.82 Å².